The second kappa shape index (κ2) is 8.20. The molecule has 0 unspecified atom stereocenters. The molecule has 1 N–H and O–H groups in total. The molecule has 3 nitrogen and oxygen atoms in total. The molecule has 0 aromatic heterocycles. The van der Waals surface area contributed by atoms with Crippen molar-refractivity contribution >= 4 is 23.2 Å². The molecule has 1 aromatic carbocycles. The highest BCUT2D eigenvalue weighted by atomic mass is 35.5. The minimum absolute atomic E-state index is 0.628. The van der Waals surface area contributed by atoms with Gasteiger partial charge >= 0.3 is 0 Å². The van der Waals surface area contributed by atoms with Crippen LogP contribution in [0.1, 0.15) is 12.0 Å². The Morgan fingerprint density at radius 2 is 1.90 bits per heavy atom. The van der Waals surface area contributed by atoms with E-state index in [0.29, 0.717) is 10.0 Å². The lowest BCUT2D eigenvalue weighted by Gasteiger charge is -2.32. The monoisotopic (exact) mass is 315 g/mol. The Balaban J connectivity index is 1.61. The molecule has 0 spiro atoms. The zero-order valence-electron chi connectivity index (χ0n) is 12.0. The van der Waals surface area contributed by atoms with Crippen LogP contribution in [-0.4, -0.2) is 56.1 Å². The zero-order chi connectivity index (χ0) is 14.4. The number of nitrogens with zero attached hydrogens (tertiary/aromatic N) is 2. The average molecular weight is 316 g/mol. The van der Waals surface area contributed by atoms with E-state index in [4.69, 9.17) is 23.2 Å². The van der Waals surface area contributed by atoms with Crippen molar-refractivity contribution in [1.29, 1.82) is 0 Å². The van der Waals surface area contributed by atoms with Gasteiger partial charge in [-0.1, -0.05) is 35.3 Å². The Kier molecular flexibility index (Phi) is 6.59. The van der Waals surface area contributed by atoms with E-state index in [1.54, 1.807) is 0 Å². The van der Waals surface area contributed by atoms with Crippen molar-refractivity contribution in [1.82, 2.24) is 15.1 Å². The van der Waals surface area contributed by atoms with Gasteiger partial charge in [0.25, 0.3) is 0 Å². The molecular formula is C15H23Cl2N3. The summed E-state index contributed by atoms with van der Waals surface area (Å²) in [5.41, 5.74) is 1.07. The smallest absolute Gasteiger partial charge is 0.0637 e. The first kappa shape index (κ1) is 16.1. The maximum absolute atomic E-state index is 6.16. The van der Waals surface area contributed by atoms with E-state index in [1.165, 1.54) is 39.1 Å². The summed E-state index contributed by atoms with van der Waals surface area (Å²) in [6.45, 7) is 7.71. The van der Waals surface area contributed by atoms with Crippen LogP contribution < -0.4 is 5.32 Å². The largest absolute Gasteiger partial charge is 0.313 e. The topological polar surface area (TPSA) is 18.5 Å². The standard InChI is InChI=1S/C15H23Cl2N3/c1-19-8-10-20(11-9-19)7-3-6-18-12-13-4-2-5-14(16)15(13)17/h2,4-5,18H,3,6-12H2,1H3. The summed E-state index contributed by atoms with van der Waals surface area (Å²) in [5, 5.41) is 4.73. The molecule has 112 valence electrons. The first-order chi connectivity index (χ1) is 9.66. The van der Waals surface area contributed by atoms with E-state index in [-0.39, 0.29) is 0 Å². The first-order valence-electron chi connectivity index (χ1n) is 7.21. The van der Waals surface area contributed by atoms with Crippen molar-refractivity contribution in [3.63, 3.8) is 0 Å². The molecule has 1 aliphatic heterocycles. The number of nitrogens with one attached hydrogen (secondary N) is 1. The van der Waals surface area contributed by atoms with E-state index < -0.39 is 0 Å². The fourth-order valence-corrected chi connectivity index (χ4v) is 2.79. The lowest BCUT2D eigenvalue weighted by atomic mass is 10.2. The second-order valence-electron chi connectivity index (χ2n) is 5.39. The molecule has 0 radical (unpaired) electrons. The van der Waals surface area contributed by atoms with Crippen LogP contribution in [0.3, 0.4) is 0 Å². The van der Waals surface area contributed by atoms with Crippen LogP contribution in [0.5, 0.6) is 0 Å². The van der Waals surface area contributed by atoms with Crippen molar-refractivity contribution in [2.45, 2.75) is 13.0 Å². The Hall–Kier alpha value is -0.320. The predicted molar refractivity (Wildman–Crippen MR) is 86.7 cm³/mol. The SMILES string of the molecule is CN1CCN(CCCNCc2cccc(Cl)c2Cl)CC1. The lowest BCUT2D eigenvalue weighted by molar-refractivity contribution is 0.153. The van der Waals surface area contributed by atoms with Gasteiger partial charge in [-0.2, -0.15) is 0 Å². The van der Waals surface area contributed by atoms with Gasteiger partial charge < -0.3 is 15.1 Å². The maximum Gasteiger partial charge on any atom is 0.0637 e. The molecule has 0 bridgehead atoms. The van der Waals surface area contributed by atoms with Crippen LogP contribution in [0, 0.1) is 0 Å². The molecule has 1 heterocycles. The summed E-state index contributed by atoms with van der Waals surface area (Å²) >= 11 is 12.2. The Morgan fingerprint density at radius 3 is 2.65 bits per heavy atom. The van der Waals surface area contributed by atoms with Crippen molar-refractivity contribution in [3.05, 3.63) is 33.8 Å². The molecule has 2 rings (SSSR count). The van der Waals surface area contributed by atoms with Gasteiger partial charge in [0.05, 0.1) is 10.0 Å². The highest BCUT2D eigenvalue weighted by Gasteiger charge is 2.12. The number of benzene rings is 1. The third-order valence-corrected chi connectivity index (χ3v) is 4.63. The molecule has 0 aliphatic carbocycles. The van der Waals surface area contributed by atoms with Crippen LogP contribution in [0.15, 0.2) is 18.2 Å². The van der Waals surface area contributed by atoms with Gasteiger partial charge in [-0.25, -0.2) is 0 Å². The minimum atomic E-state index is 0.628. The molecule has 1 fully saturated rings. The molecule has 1 saturated heterocycles. The summed E-state index contributed by atoms with van der Waals surface area (Å²) in [6.07, 6.45) is 1.17. The van der Waals surface area contributed by atoms with Crippen LogP contribution >= 0.6 is 23.2 Å². The molecule has 0 saturated carbocycles. The Bertz CT molecular complexity index is 418. The van der Waals surface area contributed by atoms with E-state index in [2.05, 4.69) is 22.2 Å². The summed E-state index contributed by atoms with van der Waals surface area (Å²) in [6, 6.07) is 5.78. The summed E-state index contributed by atoms with van der Waals surface area (Å²) < 4.78 is 0. The fraction of sp³-hybridized carbons (Fsp3) is 0.600. The normalized spacial score (nSPS) is 17.6. The van der Waals surface area contributed by atoms with Gasteiger partial charge in [0, 0.05) is 32.7 Å². The molecule has 5 heteroatoms. The van der Waals surface area contributed by atoms with Crippen molar-refractivity contribution in [2.24, 2.45) is 0 Å². The van der Waals surface area contributed by atoms with E-state index in [9.17, 15) is 0 Å². The van der Waals surface area contributed by atoms with E-state index in [0.717, 1.165) is 18.7 Å². The number of likely N-dealkylation sites (N-methyl/N-ethyl adjacent to an activating group) is 1. The molecule has 1 aromatic rings. The number of rotatable bonds is 6. The Morgan fingerprint density at radius 1 is 1.15 bits per heavy atom. The summed E-state index contributed by atoms with van der Waals surface area (Å²) in [7, 11) is 2.19. The van der Waals surface area contributed by atoms with Crippen molar-refractivity contribution in [3.8, 4) is 0 Å². The third-order valence-electron chi connectivity index (χ3n) is 3.77. The summed E-state index contributed by atoms with van der Waals surface area (Å²) in [5.74, 6) is 0. The lowest BCUT2D eigenvalue weighted by Crippen LogP contribution is -2.45. The zero-order valence-corrected chi connectivity index (χ0v) is 13.6. The average Bonchev–Trinajstić information content (AvgIpc) is 2.45. The van der Waals surface area contributed by atoms with Crippen LogP contribution in [0.25, 0.3) is 0 Å². The van der Waals surface area contributed by atoms with Gasteiger partial charge in [0.15, 0.2) is 0 Å². The van der Waals surface area contributed by atoms with Crippen LogP contribution in [0.2, 0.25) is 10.0 Å². The van der Waals surface area contributed by atoms with Gasteiger partial charge in [0.1, 0.15) is 0 Å². The Labute approximate surface area is 131 Å². The van der Waals surface area contributed by atoms with E-state index >= 15 is 0 Å². The molecule has 0 atom stereocenters. The molecule has 20 heavy (non-hydrogen) atoms. The van der Waals surface area contributed by atoms with Gasteiger partial charge in [-0.3, -0.25) is 0 Å². The molecule has 0 amide bonds. The maximum atomic E-state index is 6.16. The predicted octanol–water partition coefficient (Wildman–Crippen LogP) is 2.72. The minimum Gasteiger partial charge on any atom is -0.313 e. The molecule has 1 aliphatic rings. The number of piperazine rings is 1. The number of halogens is 2. The van der Waals surface area contributed by atoms with Crippen molar-refractivity contribution in [2.75, 3.05) is 46.3 Å². The third kappa shape index (κ3) is 4.90. The highest BCUT2D eigenvalue weighted by molar-refractivity contribution is 6.42. The van der Waals surface area contributed by atoms with E-state index in [1.807, 2.05) is 18.2 Å². The molecular weight excluding hydrogens is 293 g/mol. The first-order valence-corrected chi connectivity index (χ1v) is 7.97. The number of hydrogen-bond acceptors (Lipinski definition) is 3. The van der Waals surface area contributed by atoms with Gasteiger partial charge in [0.2, 0.25) is 0 Å². The van der Waals surface area contributed by atoms with Crippen LogP contribution in [0.4, 0.5) is 0 Å². The van der Waals surface area contributed by atoms with Crippen LogP contribution in [-0.2, 0) is 6.54 Å². The van der Waals surface area contributed by atoms with Gasteiger partial charge in [-0.05, 0) is 38.2 Å². The van der Waals surface area contributed by atoms with Gasteiger partial charge in [-0.15, -0.1) is 0 Å². The quantitative estimate of drug-likeness (QED) is 0.814. The second-order valence-corrected chi connectivity index (χ2v) is 6.17. The fourth-order valence-electron chi connectivity index (χ4n) is 2.41. The van der Waals surface area contributed by atoms with Crippen molar-refractivity contribution < 1.29 is 0 Å². The number of hydrogen-bond donors (Lipinski definition) is 1. The highest BCUT2D eigenvalue weighted by Crippen LogP contribution is 2.25. The summed E-state index contributed by atoms with van der Waals surface area (Å²) in [4.78, 5) is 4.92.